The van der Waals surface area contributed by atoms with E-state index >= 15 is 0 Å². The van der Waals surface area contributed by atoms with E-state index in [0.717, 1.165) is 19.6 Å². The van der Waals surface area contributed by atoms with Crippen LogP contribution < -0.4 is 5.32 Å². The molecule has 2 unspecified atom stereocenters. The summed E-state index contributed by atoms with van der Waals surface area (Å²) < 4.78 is 2.06. The van der Waals surface area contributed by atoms with Crippen LogP contribution in [0.25, 0.3) is 0 Å². The highest BCUT2D eigenvalue weighted by Gasteiger charge is 2.35. The average molecular weight is 292 g/mol. The van der Waals surface area contributed by atoms with Gasteiger partial charge in [-0.1, -0.05) is 27.7 Å². The van der Waals surface area contributed by atoms with Crippen molar-refractivity contribution < 1.29 is 0 Å². The first kappa shape index (κ1) is 16.5. The van der Waals surface area contributed by atoms with E-state index in [0.29, 0.717) is 18.1 Å². The molecule has 2 atom stereocenters. The van der Waals surface area contributed by atoms with E-state index in [2.05, 4.69) is 68.7 Å². The number of aromatic nitrogens is 2. The van der Waals surface area contributed by atoms with Crippen LogP contribution in [0.4, 0.5) is 0 Å². The van der Waals surface area contributed by atoms with Crippen molar-refractivity contribution in [2.24, 2.45) is 5.41 Å². The number of piperazine rings is 1. The van der Waals surface area contributed by atoms with Crippen molar-refractivity contribution in [1.82, 2.24) is 20.0 Å². The van der Waals surface area contributed by atoms with Crippen LogP contribution in [-0.4, -0.2) is 39.9 Å². The number of rotatable bonds is 4. The predicted octanol–water partition coefficient (Wildman–Crippen LogP) is 3.06. The van der Waals surface area contributed by atoms with Crippen LogP contribution in [0.3, 0.4) is 0 Å². The second kappa shape index (κ2) is 6.49. The fourth-order valence-electron chi connectivity index (χ4n) is 3.14. The van der Waals surface area contributed by atoms with Crippen molar-refractivity contribution in [3.63, 3.8) is 0 Å². The summed E-state index contributed by atoms with van der Waals surface area (Å²) in [6, 6.07) is 3.77. The second-order valence-electron chi connectivity index (χ2n) is 7.71. The standard InChI is InChI=1S/C17H32N4/c1-7-14-11-20(16(10-18-14)17(4,5)6)12-15-8-9-21(19-15)13(2)3/h8-9,13-14,16,18H,7,10-12H2,1-6H3. The molecular formula is C17H32N4. The third-order valence-corrected chi connectivity index (χ3v) is 4.55. The first-order valence-electron chi connectivity index (χ1n) is 8.32. The Labute approximate surface area is 129 Å². The van der Waals surface area contributed by atoms with Gasteiger partial charge in [0, 0.05) is 44.0 Å². The van der Waals surface area contributed by atoms with Gasteiger partial charge in [0.05, 0.1) is 5.69 Å². The summed E-state index contributed by atoms with van der Waals surface area (Å²) in [6.07, 6.45) is 3.29. The van der Waals surface area contributed by atoms with E-state index in [1.54, 1.807) is 0 Å². The van der Waals surface area contributed by atoms with Crippen molar-refractivity contribution in [2.45, 2.75) is 72.6 Å². The second-order valence-corrected chi connectivity index (χ2v) is 7.71. The summed E-state index contributed by atoms with van der Waals surface area (Å²) >= 11 is 0. The molecule has 1 aliphatic heterocycles. The molecule has 1 aliphatic rings. The summed E-state index contributed by atoms with van der Waals surface area (Å²) in [5.74, 6) is 0. The minimum atomic E-state index is 0.284. The molecule has 0 aliphatic carbocycles. The molecule has 4 heteroatoms. The van der Waals surface area contributed by atoms with Gasteiger partial charge in [-0.2, -0.15) is 5.10 Å². The summed E-state index contributed by atoms with van der Waals surface area (Å²) in [5.41, 5.74) is 1.47. The zero-order valence-electron chi connectivity index (χ0n) is 14.6. The van der Waals surface area contributed by atoms with E-state index in [1.807, 2.05) is 0 Å². The largest absolute Gasteiger partial charge is 0.311 e. The lowest BCUT2D eigenvalue weighted by Gasteiger charge is -2.46. The highest BCUT2D eigenvalue weighted by atomic mass is 15.3. The first-order chi connectivity index (χ1) is 9.81. The molecule has 2 rings (SSSR count). The van der Waals surface area contributed by atoms with Crippen molar-refractivity contribution in [2.75, 3.05) is 13.1 Å². The van der Waals surface area contributed by atoms with Crippen LogP contribution in [0.5, 0.6) is 0 Å². The van der Waals surface area contributed by atoms with Crippen LogP contribution in [0.15, 0.2) is 12.3 Å². The van der Waals surface area contributed by atoms with Gasteiger partial charge in [-0.15, -0.1) is 0 Å². The van der Waals surface area contributed by atoms with Gasteiger partial charge in [0.15, 0.2) is 0 Å². The number of nitrogens with zero attached hydrogens (tertiary/aromatic N) is 3. The summed E-state index contributed by atoms with van der Waals surface area (Å²) in [6.45, 7) is 16.8. The van der Waals surface area contributed by atoms with Crippen LogP contribution >= 0.6 is 0 Å². The third kappa shape index (κ3) is 4.07. The Morgan fingerprint density at radius 3 is 2.62 bits per heavy atom. The first-order valence-corrected chi connectivity index (χ1v) is 8.32. The van der Waals surface area contributed by atoms with Gasteiger partial charge in [-0.05, 0) is 31.7 Å². The molecule has 1 aromatic heterocycles. The Morgan fingerprint density at radius 2 is 2.10 bits per heavy atom. The van der Waals surface area contributed by atoms with E-state index < -0.39 is 0 Å². The minimum Gasteiger partial charge on any atom is -0.311 e. The number of hydrogen-bond acceptors (Lipinski definition) is 3. The lowest BCUT2D eigenvalue weighted by molar-refractivity contribution is 0.0474. The minimum absolute atomic E-state index is 0.284. The number of nitrogens with one attached hydrogen (secondary N) is 1. The fourth-order valence-corrected chi connectivity index (χ4v) is 3.14. The molecule has 1 aromatic rings. The van der Waals surface area contributed by atoms with Crippen molar-refractivity contribution in [1.29, 1.82) is 0 Å². The molecule has 0 saturated carbocycles. The summed E-state index contributed by atoms with van der Waals surface area (Å²) in [4.78, 5) is 2.62. The summed E-state index contributed by atoms with van der Waals surface area (Å²) in [7, 11) is 0. The van der Waals surface area contributed by atoms with Gasteiger partial charge in [0.2, 0.25) is 0 Å². The molecule has 21 heavy (non-hydrogen) atoms. The Balaban J connectivity index is 2.11. The molecule has 120 valence electrons. The van der Waals surface area contributed by atoms with E-state index in [9.17, 15) is 0 Å². The van der Waals surface area contributed by atoms with Gasteiger partial charge >= 0.3 is 0 Å². The van der Waals surface area contributed by atoms with Crippen LogP contribution in [-0.2, 0) is 6.54 Å². The molecule has 2 heterocycles. The van der Waals surface area contributed by atoms with E-state index in [4.69, 9.17) is 5.10 Å². The molecule has 1 N–H and O–H groups in total. The fraction of sp³-hybridized carbons (Fsp3) is 0.824. The lowest BCUT2D eigenvalue weighted by atomic mass is 9.83. The Hall–Kier alpha value is -0.870. The maximum absolute atomic E-state index is 4.73. The number of hydrogen-bond donors (Lipinski definition) is 1. The van der Waals surface area contributed by atoms with Crippen molar-refractivity contribution in [3.8, 4) is 0 Å². The highest BCUT2D eigenvalue weighted by Crippen LogP contribution is 2.28. The molecule has 1 saturated heterocycles. The van der Waals surface area contributed by atoms with Crippen molar-refractivity contribution >= 4 is 0 Å². The van der Waals surface area contributed by atoms with Crippen LogP contribution in [0.1, 0.15) is 59.7 Å². The quantitative estimate of drug-likeness (QED) is 0.926. The smallest absolute Gasteiger partial charge is 0.0765 e. The lowest BCUT2D eigenvalue weighted by Crippen LogP contribution is -2.60. The molecule has 0 radical (unpaired) electrons. The molecule has 0 aromatic carbocycles. The zero-order chi connectivity index (χ0) is 15.6. The van der Waals surface area contributed by atoms with Gasteiger partial charge in [-0.25, -0.2) is 0 Å². The molecule has 0 spiro atoms. The average Bonchev–Trinajstić information content (AvgIpc) is 2.86. The molecular weight excluding hydrogens is 260 g/mol. The van der Waals surface area contributed by atoms with E-state index in [1.165, 1.54) is 12.1 Å². The molecule has 0 amide bonds. The normalized spacial score (nSPS) is 24.7. The Kier molecular flexibility index (Phi) is 5.10. The van der Waals surface area contributed by atoms with Gasteiger partial charge in [0.25, 0.3) is 0 Å². The Morgan fingerprint density at radius 1 is 1.38 bits per heavy atom. The maximum Gasteiger partial charge on any atom is 0.0765 e. The highest BCUT2D eigenvalue weighted by molar-refractivity contribution is 5.02. The van der Waals surface area contributed by atoms with Gasteiger partial charge < -0.3 is 5.32 Å². The predicted molar refractivity (Wildman–Crippen MR) is 88.3 cm³/mol. The third-order valence-electron chi connectivity index (χ3n) is 4.55. The zero-order valence-corrected chi connectivity index (χ0v) is 14.6. The Bertz CT molecular complexity index is 444. The van der Waals surface area contributed by atoms with Crippen LogP contribution in [0, 0.1) is 5.41 Å². The topological polar surface area (TPSA) is 33.1 Å². The van der Waals surface area contributed by atoms with Crippen molar-refractivity contribution in [3.05, 3.63) is 18.0 Å². The molecule has 1 fully saturated rings. The molecule has 0 bridgehead atoms. The van der Waals surface area contributed by atoms with Gasteiger partial charge in [0.1, 0.15) is 0 Å². The van der Waals surface area contributed by atoms with E-state index in [-0.39, 0.29) is 5.41 Å². The molecule has 4 nitrogen and oxygen atoms in total. The SMILES string of the molecule is CCC1CN(Cc2ccn(C(C)C)n2)C(C(C)(C)C)CN1. The van der Waals surface area contributed by atoms with Crippen LogP contribution in [0.2, 0.25) is 0 Å². The summed E-state index contributed by atoms with van der Waals surface area (Å²) in [5, 5.41) is 8.42. The monoisotopic (exact) mass is 292 g/mol. The maximum atomic E-state index is 4.73. The van der Waals surface area contributed by atoms with Gasteiger partial charge in [-0.3, -0.25) is 9.58 Å².